The second-order valence-corrected chi connectivity index (χ2v) is 5.98. The molecule has 0 saturated carbocycles. The summed E-state index contributed by atoms with van der Waals surface area (Å²) >= 11 is 1.77. The van der Waals surface area contributed by atoms with Gasteiger partial charge < -0.3 is 15.0 Å². The molecule has 2 N–H and O–H groups in total. The third-order valence-corrected chi connectivity index (χ3v) is 4.18. The first kappa shape index (κ1) is 15.5. The van der Waals surface area contributed by atoms with Gasteiger partial charge >= 0.3 is 0 Å². The quantitative estimate of drug-likeness (QED) is 0.533. The van der Waals surface area contributed by atoms with Crippen molar-refractivity contribution in [3.05, 3.63) is 12.4 Å². The number of aromatic nitrogens is 2. The molecule has 104 valence electrons. The fourth-order valence-corrected chi connectivity index (χ4v) is 2.64. The maximum absolute atomic E-state index is 9.45. The molecule has 1 atom stereocenters. The van der Waals surface area contributed by atoms with E-state index in [0.29, 0.717) is 0 Å². The summed E-state index contributed by atoms with van der Waals surface area (Å²) in [6.07, 6.45) is 6.94. The molecule has 4 nitrogen and oxygen atoms in total. The first-order valence-corrected chi connectivity index (χ1v) is 7.56. The highest BCUT2D eigenvalue weighted by molar-refractivity contribution is 7.99. The maximum atomic E-state index is 9.45. The van der Waals surface area contributed by atoms with Crippen LogP contribution in [-0.4, -0.2) is 39.1 Å². The molecule has 0 aliphatic heterocycles. The maximum Gasteiger partial charge on any atom is 0.167 e. The fraction of sp³-hybridized carbons (Fsp3) is 0.769. The van der Waals surface area contributed by atoms with Crippen LogP contribution in [0.5, 0.6) is 0 Å². The number of hydrogen-bond acceptors (Lipinski definition) is 4. The van der Waals surface area contributed by atoms with Crippen LogP contribution in [0.15, 0.2) is 17.6 Å². The van der Waals surface area contributed by atoms with E-state index >= 15 is 0 Å². The van der Waals surface area contributed by atoms with Crippen molar-refractivity contribution in [1.82, 2.24) is 14.9 Å². The van der Waals surface area contributed by atoms with E-state index in [-0.39, 0.29) is 12.1 Å². The van der Waals surface area contributed by atoms with Crippen LogP contribution >= 0.6 is 11.8 Å². The zero-order chi connectivity index (χ0) is 13.4. The monoisotopic (exact) mass is 271 g/mol. The summed E-state index contributed by atoms with van der Waals surface area (Å²) in [5.41, 5.74) is -0.141. The molecule has 0 saturated heterocycles. The van der Waals surface area contributed by atoms with Crippen LogP contribution in [0.2, 0.25) is 0 Å². The molecule has 5 heteroatoms. The Morgan fingerprint density at radius 2 is 2.33 bits per heavy atom. The molecule has 0 radical (unpaired) electrons. The third kappa shape index (κ3) is 5.00. The van der Waals surface area contributed by atoms with Crippen molar-refractivity contribution >= 4 is 11.8 Å². The predicted octanol–water partition coefficient (Wildman–Crippen LogP) is 2.04. The summed E-state index contributed by atoms with van der Waals surface area (Å²) in [5.74, 6) is 1.04. The van der Waals surface area contributed by atoms with E-state index in [4.69, 9.17) is 0 Å². The Balaban J connectivity index is 2.25. The Labute approximate surface area is 114 Å². The van der Waals surface area contributed by atoms with Crippen molar-refractivity contribution in [3.63, 3.8) is 0 Å². The summed E-state index contributed by atoms with van der Waals surface area (Å²) in [5, 5.41) is 13.9. The second kappa shape index (κ2) is 7.81. The van der Waals surface area contributed by atoms with Crippen LogP contribution in [-0.2, 0) is 7.05 Å². The van der Waals surface area contributed by atoms with Gasteiger partial charge in [-0.1, -0.05) is 18.7 Å². The van der Waals surface area contributed by atoms with Crippen molar-refractivity contribution in [2.24, 2.45) is 7.05 Å². The summed E-state index contributed by atoms with van der Waals surface area (Å²) in [6, 6.07) is 0. The molecule has 0 amide bonds. The van der Waals surface area contributed by atoms with E-state index in [1.54, 1.807) is 11.8 Å². The summed E-state index contributed by atoms with van der Waals surface area (Å²) in [4.78, 5) is 4.28. The number of nitrogens with one attached hydrogen (secondary N) is 1. The van der Waals surface area contributed by atoms with Gasteiger partial charge in [-0.15, -0.1) is 0 Å². The van der Waals surface area contributed by atoms with Crippen molar-refractivity contribution in [1.29, 1.82) is 0 Å². The van der Waals surface area contributed by atoms with E-state index in [1.807, 2.05) is 24.0 Å². The lowest BCUT2D eigenvalue weighted by molar-refractivity contribution is 0.165. The molecule has 1 aromatic heterocycles. The molecule has 1 rings (SSSR count). The highest BCUT2D eigenvalue weighted by Crippen LogP contribution is 2.19. The number of hydrogen-bond donors (Lipinski definition) is 2. The van der Waals surface area contributed by atoms with E-state index in [1.165, 1.54) is 0 Å². The number of thioether (sulfide) groups is 1. The Hall–Kier alpha value is -0.520. The van der Waals surface area contributed by atoms with E-state index in [0.717, 1.165) is 36.7 Å². The van der Waals surface area contributed by atoms with Gasteiger partial charge in [-0.3, -0.25) is 0 Å². The van der Waals surface area contributed by atoms with Gasteiger partial charge in [-0.25, -0.2) is 4.98 Å². The summed E-state index contributed by atoms with van der Waals surface area (Å²) in [6.45, 7) is 5.39. The molecule has 0 aromatic carbocycles. The molecule has 1 unspecified atom stereocenters. The molecule has 0 spiro atoms. The Morgan fingerprint density at radius 3 is 2.89 bits per heavy atom. The minimum Gasteiger partial charge on any atom is -0.394 e. The molecule has 18 heavy (non-hydrogen) atoms. The average Bonchev–Trinajstić information content (AvgIpc) is 2.78. The van der Waals surface area contributed by atoms with Gasteiger partial charge in [-0.2, -0.15) is 0 Å². The normalized spacial score (nSPS) is 14.7. The number of nitrogens with zero attached hydrogens (tertiary/aromatic N) is 2. The zero-order valence-electron chi connectivity index (χ0n) is 11.6. The molecule has 0 aliphatic carbocycles. The van der Waals surface area contributed by atoms with Crippen LogP contribution in [0.1, 0.15) is 33.1 Å². The summed E-state index contributed by atoms with van der Waals surface area (Å²) < 4.78 is 2.03. The third-order valence-electron chi connectivity index (χ3n) is 3.03. The topological polar surface area (TPSA) is 50.1 Å². The lowest BCUT2D eigenvalue weighted by Crippen LogP contribution is -2.46. The fourth-order valence-electron chi connectivity index (χ4n) is 1.77. The summed E-state index contributed by atoms with van der Waals surface area (Å²) in [7, 11) is 2.01. The predicted molar refractivity (Wildman–Crippen MR) is 77.0 cm³/mol. The standard InChI is InChI=1S/C13H25N3OS/c1-4-7-15-13(2,11-17)6-5-10-18-12-14-8-9-16(12)3/h8-9,15,17H,4-7,10-11H2,1-3H3. The van der Waals surface area contributed by atoms with Crippen molar-refractivity contribution in [2.75, 3.05) is 18.9 Å². The average molecular weight is 271 g/mol. The largest absolute Gasteiger partial charge is 0.394 e. The van der Waals surface area contributed by atoms with Crippen LogP contribution in [0.3, 0.4) is 0 Å². The van der Waals surface area contributed by atoms with Crippen molar-refractivity contribution in [2.45, 2.75) is 43.8 Å². The van der Waals surface area contributed by atoms with Gasteiger partial charge in [0, 0.05) is 30.7 Å². The Morgan fingerprint density at radius 1 is 1.56 bits per heavy atom. The molecular formula is C13H25N3OS. The van der Waals surface area contributed by atoms with E-state index < -0.39 is 0 Å². The van der Waals surface area contributed by atoms with Gasteiger partial charge in [0.1, 0.15) is 0 Å². The van der Waals surface area contributed by atoms with E-state index in [9.17, 15) is 5.11 Å². The van der Waals surface area contributed by atoms with Crippen LogP contribution < -0.4 is 5.32 Å². The first-order valence-electron chi connectivity index (χ1n) is 6.57. The molecular weight excluding hydrogens is 246 g/mol. The molecule has 1 heterocycles. The lowest BCUT2D eigenvalue weighted by atomic mass is 9.97. The highest BCUT2D eigenvalue weighted by atomic mass is 32.2. The van der Waals surface area contributed by atoms with Crippen molar-refractivity contribution < 1.29 is 5.11 Å². The number of imidazole rings is 1. The second-order valence-electron chi connectivity index (χ2n) is 4.92. The molecule has 0 fully saturated rings. The zero-order valence-corrected chi connectivity index (χ0v) is 12.5. The van der Waals surface area contributed by atoms with Crippen LogP contribution in [0.4, 0.5) is 0 Å². The number of rotatable bonds is 9. The first-order chi connectivity index (χ1) is 8.61. The number of aliphatic hydroxyl groups is 1. The van der Waals surface area contributed by atoms with E-state index in [2.05, 4.69) is 24.1 Å². The minimum atomic E-state index is -0.141. The Bertz CT molecular complexity index is 343. The number of aryl methyl sites for hydroxylation is 1. The molecule has 0 bridgehead atoms. The van der Waals surface area contributed by atoms with Crippen molar-refractivity contribution in [3.8, 4) is 0 Å². The van der Waals surface area contributed by atoms with Gasteiger partial charge in [0.25, 0.3) is 0 Å². The SMILES string of the molecule is CCCNC(C)(CO)CCCSc1nccn1C. The highest BCUT2D eigenvalue weighted by Gasteiger charge is 2.21. The smallest absolute Gasteiger partial charge is 0.167 e. The van der Waals surface area contributed by atoms with Gasteiger partial charge in [0.15, 0.2) is 5.16 Å². The lowest BCUT2D eigenvalue weighted by Gasteiger charge is -2.28. The Kier molecular flexibility index (Phi) is 6.75. The van der Waals surface area contributed by atoms with Gasteiger partial charge in [-0.05, 0) is 32.7 Å². The van der Waals surface area contributed by atoms with Crippen LogP contribution in [0, 0.1) is 0 Å². The molecule has 1 aromatic rings. The van der Waals surface area contributed by atoms with Gasteiger partial charge in [0.05, 0.1) is 6.61 Å². The minimum absolute atomic E-state index is 0.141. The number of aliphatic hydroxyl groups excluding tert-OH is 1. The van der Waals surface area contributed by atoms with Gasteiger partial charge in [0.2, 0.25) is 0 Å². The molecule has 0 aliphatic rings. The van der Waals surface area contributed by atoms with Crippen LogP contribution in [0.25, 0.3) is 0 Å².